The fourth-order valence-electron chi connectivity index (χ4n) is 7.73. The number of benzene rings is 7. The summed E-state index contributed by atoms with van der Waals surface area (Å²) in [6.07, 6.45) is 5.01. The molecular weight excluding hydrogens is 595 g/mol. The molecule has 0 spiro atoms. The number of hydrogen-bond acceptors (Lipinski definition) is 2. The molecule has 2 heteroatoms. The molecule has 1 aliphatic rings. The van der Waals surface area contributed by atoms with Gasteiger partial charge in [0.25, 0.3) is 0 Å². The van der Waals surface area contributed by atoms with E-state index in [1.807, 2.05) is 24.4 Å². The van der Waals surface area contributed by atoms with Crippen molar-refractivity contribution in [2.24, 2.45) is 4.99 Å². The zero-order valence-electron chi connectivity index (χ0n) is 27.7. The predicted molar refractivity (Wildman–Crippen MR) is 206 cm³/mol. The van der Waals surface area contributed by atoms with Gasteiger partial charge in [0.2, 0.25) is 0 Å². The third-order valence-electron chi connectivity index (χ3n) is 10.2. The van der Waals surface area contributed by atoms with Crippen molar-refractivity contribution in [3.05, 3.63) is 186 Å². The van der Waals surface area contributed by atoms with Crippen LogP contribution in [0.1, 0.15) is 41.7 Å². The normalized spacial score (nSPS) is 13.8. The summed E-state index contributed by atoms with van der Waals surface area (Å²) in [6, 6.07) is 54.0. The molecule has 1 aliphatic carbocycles. The minimum absolute atomic E-state index is 0.128. The molecule has 0 aliphatic heterocycles. The molecule has 2 nitrogen and oxygen atoms in total. The fourth-order valence-corrected chi connectivity index (χ4v) is 7.73. The topological polar surface area (TPSA) is 25.5 Å². The lowest BCUT2D eigenvalue weighted by Crippen LogP contribution is -2.15. The fraction of sp³-hybridized carbons (Fsp3) is 0.0851. The number of furan rings is 1. The van der Waals surface area contributed by atoms with Gasteiger partial charge in [-0.25, -0.2) is 0 Å². The lowest BCUT2D eigenvalue weighted by molar-refractivity contribution is 0.661. The van der Waals surface area contributed by atoms with Crippen LogP contribution < -0.4 is 0 Å². The van der Waals surface area contributed by atoms with Gasteiger partial charge in [0.1, 0.15) is 11.2 Å². The van der Waals surface area contributed by atoms with E-state index >= 15 is 0 Å². The van der Waals surface area contributed by atoms with Crippen LogP contribution in [0.4, 0.5) is 0 Å². The Morgan fingerprint density at radius 1 is 0.612 bits per heavy atom. The molecule has 9 rings (SSSR count). The summed E-state index contributed by atoms with van der Waals surface area (Å²) in [5.74, 6) is 0. The van der Waals surface area contributed by atoms with Crippen molar-refractivity contribution >= 4 is 44.6 Å². The molecule has 1 heterocycles. The van der Waals surface area contributed by atoms with Crippen molar-refractivity contribution in [3.8, 4) is 22.3 Å². The molecule has 8 aromatic rings. The number of aliphatic imine (C=N–C) groups is 1. The number of allylic oxidation sites excluding steroid dienone is 1. The maximum absolute atomic E-state index is 6.47. The van der Waals surface area contributed by atoms with Crippen molar-refractivity contribution in [3.63, 3.8) is 0 Å². The van der Waals surface area contributed by atoms with Gasteiger partial charge in [-0.15, -0.1) is 0 Å². The highest BCUT2D eigenvalue weighted by molar-refractivity contribution is 6.09. The Morgan fingerprint density at radius 2 is 1.31 bits per heavy atom. The van der Waals surface area contributed by atoms with Gasteiger partial charge in [-0.2, -0.15) is 0 Å². The Kier molecular flexibility index (Phi) is 6.91. The maximum Gasteiger partial charge on any atom is 0.143 e. The molecule has 49 heavy (non-hydrogen) atoms. The molecular formula is C47H35NO. The van der Waals surface area contributed by atoms with Gasteiger partial charge in [0.05, 0.1) is 5.70 Å². The summed E-state index contributed by atoms with van der Waals surface area (Å²) in [7, 11) is 0. The van der Waals surface area contributed by atoms with Gasteiger partial charge in [0, 0.05) is 33.5 Å². The Hall–Kier alpha value is -5.99. The second-order valence-corrected chi connectivity index (χ2v) is 13.5. The summed E-state index contributed by atoms with van der Waals surface area (Å²) in [4.78, 5) is 5.24. The highest BCUT2D eigenvalue weighted by Gasteiger charge is 2.37. The van der Waals surface area contributed by atoms with Gasteiger partial charge in [-0.1, -0.05) is 153 Å². The molecule has 0 saturated carbocycles. The smallest absolute Gasteiger partial charge is 0.143 e. The van der Waals surface area contributed by atoms with Gasteiger partial charge >= 0.3 is 0 Å². The van der Waals surface area contributed by atoms with Gasteiger partial charge < -0.3 is 4.42 Å². The van der Waals surface area contributed by atoms with Gasteiger partial charge in [-0.05, 0) is 74.3 Å². The number of nitrogens with zero attached hydrogens (tertiary/aromatic N) is 1. The first-order chi connectivity index (χ1) is 24.1. The number of para-hydroxylation sites is 2. The third kappa shape index (κ3) is 4.91. The standard InChI is InChI=1S/C47H35NO/c1-47(2)41-24-13-23-39(45(41)40-28-33-17-6-7-18-34(33)29-42(40)47)43(48-30-31-14-4-3-5-15-31)27-26-32-16-8-9-19-35(32)37-21-12-22-38-36-20-10-11-25-44(36)49-46(37)38/h3-25,27-30H,26H2,1-2H3/b43-27-,48-30+. The molecule has 0 unspecified atom stereocenters. The van der Waals surface area contributed by atoms with E-state index in [1.54, 1.807) is 0 Å². The monoisotopic (exact) mass is 629 g/mol. The van der Waals surface area contributed by atoms with Crippen molar-refractivity contribution in [2.45, 2.75) is 25.7 Å². The second kappa shape index (κ2) is 11.6. The van der Waals surface area contributed by atoms with Gasteiger partial charge in [-0.3, -0.25) is 4.99 Å². The summed E-state index contributed by atoms with van der Waals surface area (Å²) in [5.41, 5.74) is 13.7. The minimum Gasteiger partial charge on any atom is -0.455 e. The highest BCUT2D eigenvalue weighted by atomic mass is 16.3. The number of rotatable bonds is 6. The van der Waals surface area contributed by atoms with Crippen LogP contribution in [0.2, 0.25) is 0 Å². The Balaban J connectivity index is 1.20. The molecule has 0 amide bonds. The molecule has 234 valence electrons. The molecule has 0 N–H and O–H groups in total. The van der Waals surface area contributed by atoms with E-state index in [1.165, 1.54) is 44.2 Å². The Morgan fingerprint density at radius 3 is 2.18 bits per heavy atom. The number of hydrogen-bond donors (Lipinski definition) is 0. The molecule has 0 saturated heterocycles. The molecule has 0 atom stereocenters. The van der Waals surface area contributed by atoms with E-state index in [0.717, 1.165) is 44.3 Å². The first-order valence-corrected chi connectivity index (χ1v) is 17.0. The number of fused-ring (bicyclic) bond motifs is 7. The SMILES string of the molecule is CC1(C)c2cc3ccccc3cc2-c2c(C(=C/Cc3ccccc3-c3cccc4c3oc3ccccc34)/N=C/c3ccccc3)cccc21. The first-order valence-electron chi connectivity index (χ1n) is 17.0. The predicted octanol–water partition coefficient (Wildman–Crippen LogP) is 12.4. The Labute approximate surface area is 286 Å². The largest absolute Gasteiger partial charge is 0.455 e. The van der Waals surface area contributed by atoms with E-state index in [9.17, 15) is 0 Å². The van der Waals surface area contributed by atoms with Crippen molar-refractivity contribution < 1.29 is 4.42 Å². The molecule has 7 aromatic carbocycles. The Bertz CT molecular complexity index is 2600. The summed E-state index contributed by atoms with van der Waals surface area (Å²) < 4.78 is 6.47. The van der Waals surface area contributed by atoms with E-state index in [4.69, 9.17) is 9.41 Å². The van der Waals surface area contributed by atoms with E-state index in [-0.39, 0.29) is 5.41 Å². The summed E-state index contributed by atoms with van der Waals surface area (Å²) in [5, 5.41) is 4.81. The van der Waals surface area contributed by atoms with Crippen LogP contribution in [-0.2, 0) is 11.8 Å². The van der Waals surface area contributed by atoms with Crippen LogP contribution in [0.5, 0.6) is 0 Å². The molecule has 0 radical (unpaired) electrons. The average molecular weight is 630 g/mol. The minimum atomic E-state index is -0.128. The van der Waals surface area contributed by atoms with Crippen molar-refractivity contribution in [2.75, 3.05) is 0 Å². The highest BCUT2D eigenvalue weighted by Crippen LogP contribution is 2.52. The average Bonchev–Trinajstić information content (AvgIpc) is 3.63. The van der Waals surface area contributed by atoms with E-state index in [2.05, 4.69) is 153 Å². The van der Waals surface area contributed by atoms with Crippen LogP contribution in [-0.4, -0.2) is 6.21 Å². The lowest BCUT2D eigenvalue weighted by atomic mass is 9.81. The van der Waals surface area contributed by atoms with E-state index < -0.39 is 0 Å². The van der Waals surface area contributed by atoms with E-state index in [0.29, 0.717) is 6.42 Å². The molecule has 0 bridgehead atoms. The summed E-state index contributed by atoms with van der Waals surface area (Å²) >= 11 is 0. The van der Waals surface area contributed by atoms with Gasteiger partial charge in [0.15, 0.2) is 0 Å². The zero-order valence-corrected chi connectivity index (χ0v) is 27.7. The molecule has 0 fully saturated rings. The van der Waals surface area contributed by atoms with Crippen molar-refractivity contribution in [1.29, 1.82) is 0 Å². The van der Waals surface area contributed by atoms with Crippen LogP contribution in [0.15, 0.2) is 167 Å². The zero-order chi connectivity index (χ0) is 33.0. The first kappa shape index (κ1) is 29.2. The van der Waals surface area contributed by atoms with Crippen LogP contribution >= 0.6 is 0 Å². The van der Waals surface area contributed by atoms with Crippen LogP contribution in [0, 0.1) is 0 Å². The second-order valence-electron chi connectivity index (χ2n) is 13.5. The van der Waals surface area contributed by atoms with Crippen molar-refractivity contribution in [1.82, 2.24) is 0 Å². The third-order valence-corrected chi connectivity index (χ3v) is 10.2. The lowest BCUT2D eigenvalue weighted by Gasteiger charge is -2.22. The maximum atomic E-state index is 6.47. The van der Waals surface area contributed by atoms with Crippen LogP contribution in [0.25, 0.3) is 60.7 Å². The summed E-state index contributed by atoms with van der Waals surface area (Å²) in [6.45, 7) is 4.70. The molecule has 1 aromatic heterocycles. The quantitative estimate of drug-likeness (QED) is 0.168. The van der Waals surface area contributed by atoms with Crippen LogP contribution in [0.3, 0.4) is 0 Å².